The lowest BCUT2D eigenvalue weighted by atomic mass is 9.79. The number of ether oxygens (including phenoxy) is 1. The predicted octanol–water partition coefficient (Wildman–Crippen LogP) is 1.63. The summed E-state index contributed by atoms with van der Waals surface area (Å²) in [5.41, 5.74) is 0.494. The third-order valence-corrected chi connectivity index (χ3v) is 3.15. The van der Waals surface area contributed by atoms with Gasteiger partial charge in [-0.05, 0) is 12.8 Å². The zero-order valence-electron chi connectivity index (χ0n) is 7.51. The molecule has 1 spiro atoms. The quantitative estimate of drug-likeness (QED) is 0.551. The van der Waals surface area contributed by atoms with E-state index in [1.807, 2.05) is 0 Å². The summed E-state index contributed by atoms with van der Waals surface area (Å²) in [6.45, 7) is 1.86. The molecule has 0 atom stereocenters. The van der Waals surface area contributed by atoms with Crippen LogP contribution < -0.4 is 0 Å². The van der Waals surface area contributed by atoms with E-state index in [4.69, 9.17) is 0 Å². The molecule has 12 heavy (non-hydrogen) atoms. The lowest BCUT2D eigenvalue weighted by Gasteiger charge is -2.47. The molecule has 1 aliphatic carbocycles. The van der Waals surface area contributed by atoms with Gasteiger partial charge >= 0.3 is 6.09 Å². The predicted molar refractivity (Wildman–Crippen MR) is 44.9 cm³/mol. The maximum atomic E-state index is 11.0. The zero-order valence-corrected chi connectivity index (χ0v) is 7.51. The Balaban J connectivity index is 1.86. The van der Waals surface area contributed by atoms with Gasteiger partial charge in [-0.2, -0.15) is 0 Å². The number of nitrogens with zero attached hydrogens (tertiary/aromatic N) is 1. The van der Waals surface area contributed by atoms with Gasteiger partial charge in [-0.25, -0.2) is 4.79 Å². The highest BCUT2D eigenvalue weighted by molar-refractivity contribution is 5.68. The highest BCUT2D eigenvalue weighted by Crippen LogP contribution is 2.45. The van der Waals surface area contributed by atoms with Crippen molar-refractivity contribution >= 4 is 6.09 Å². The number of amides is 1. The fourth-order valence-electron chi connectivity index (χ4n) is 2.46. The third kappa shape index (κ3) is 1.08. The highest BCUT2D eigenvalue weighted by atomic mass is 16.5. The van der Waals surface area contributed by atoms with E-state index in [9.17, 15) is 4.79 Å². The molecule has 0 N–H and O–H groups in total. The number of carbonyl (C=O) groups is 1. The van der Waals surface area contributed by atoms with Crippen LogP contribution >= 0.6 is 0 Å². The summed E-state index contributed by atoms with van der Waals surface area (Å²) in [4.78, 5) is 12.8. The van der Waals surface area contributed by atoms with Gasteiger partial charge in [0, 0.05) is 18.5 Å². The Hall–Kier alpha value is -0.730. The van der Waals surface area contributed by atoms with Gasteiger partial charge in [-0.3, -0.25) is 0 Å². The van der Waals surface area contributed by atoms with Crippen molar-refractivity contribution in [1.82, 2.24) is 4.90 Å². The fraction of sp³-hybridized carbons (Fsp3) is 0.889. The molecule has 3 nitrogen and oxygen atoms in total. The SMILES string of the molecule is COC(=O)N1CC2(CCCC2)C1. The monoisotopic (exact) mass is 169 g/mol. The van der Waals surface area contributed by atoms with Crippen LogP contribution in [0.3, 0.4) is 0 Å². The van der Waals surface area contributed by atoms with Gasteiger partial charge < -0.3 is 9.64 Å². The number of methoxy groups -OCH3 is 1. The number of likely N-dealkylation sites (tertiary alicyclic amines) is 1. The minimum Gasteiger partial charge on any atom is -0.453 e. The van der Waals surface area contributed by atoms with E-state index in [1.54, 1.807) is 4.90 Å². The van der Waals surface area contributed by atoms with E-state index in [-0.39, 0.29) is 6.09 Å². The molecule has 1 amide bonds. The summed E-state index contributed by atoms with van der Waals surface area (Å²) in [6, 6.07) is 0. The van der Waals surface area contributed by atoms with Crippen LogP contribution in [0.5, 0.6) is 0 Å². The Morgan fingerprint density at radius 3 is 2.42 bits per heavy atom. The second-order valence-corrected chi connectivity index (χ2v) is 4.03. The van der Waals surface area contributed by atoms with Gasteiger partial charge in [-0.1, -0.05) is 12.8 Å². The van der Waals surface area contributed by atoms with E-state index in [1.165, 1.54) is 32.8 Å². The first kappa shape index (κ1) is 7.90. The van der Waals surface area contributed by atoms with Crippen molar-refractivity contribution in [2.75, 3.05) is 20.2 Å². The van der Waals surface area contributed by atoms with Gasteiger partial charge in [0.15, 0.2) is 0 Å². The van der Waals surface area contributed by atoms with Crippen molar-refractivity contribution in [3.63, 3.8) is 0 Å². The third-order valence-electron chi connectivity index (χ3n) is 3.15. The fourth-order valence-corrected chi connectivity index (χ4v) is 2.46. The Bertz CT molecular complexity index is 189. The van der Waals surface area contributed by atoms with E-state index < -0.39 is 0 Å². The molecule has 2 aliphatic rings. The molecule has 0 radical (unpaired) electrons. The van der Waals surface area contributed by atoms with Gasteiger partial charge in [0.25, 0.3) is 0 Å². The van der Waals surface area contributed by atoms with Gasteiger partial charge in [0.1, 0.15) is 0 Å². The molecule has 2 rings (SSSR count). The summed E-state index contributed by atoms with van der Waals surface area (Å²) in [7, 11) is 1.45. The summed E-state index contributed by atoms with van der Waals surface area (Å²) in [6.07, 6.45) is 5.14. The first-order valence-electron chi connectivity index (χ1n) is 4.59. The van der Waals surface area contributed by atoms with Crippen LogP contribution in [0, 0.1) is 5.41 Å². The standard InChI is InChI=1S/C9H15NO2/c1-12-8(11)10-6-9(7-10)4-2-3-5-9/h2-7H2,1H3. The van der Waals surface area contributed by atoms with E-state index in [0.29, 0.717) is 5.41 Å². The molecule has 68 valence electrons. The Kier molecular flexibility index (Phi) is 1.74. The first-order chi connectivity index (χ1) is 5.76. The minimum absolute atomic E-state index is 0.160. The average Bonchev–Trinajstić information content (AvgIpc) is 2.48. The van der Waals surface area contributed by atoms with Crippen LogP contribution in [0.15, 0.2) is 0 Å². The highest BCUT2D eigenvalue weighted by Gasteiger charge is 2.46. The summed E-state index contributed by atoms with van der Waals surface area (Å²) in [5, 5.41) is 0. The maximum absolute atomic E-state index is 11.0. The molecule has 0 aromatic carbocycles. The van der Waals surface area contributed by atoms with Crippen LogP contribution in [0.2, 0.25) is 0 Å². The van der Waals surface area contributed by atoms with Gasteiger partial charge in [0.05, 0.1) is 7.11 Å². The Labute approximate surface area is 72.7 Å². The zero-order chi connectivity index (χ0) is 8.60. The van der Waals surface area contributed by atoms with Crippen molar-refractivity contribution in [3.8, 4) is 0 Å². The largest absolute Gasteiger partial charge is 0.453 e. The normalized spacial score (nSPS) is 25.6. The van der Waals surface area contributed by atoms with Crippen molar-refractivity contribution in [1.29, 1.82) is 0 Å². The molecule has 0 aromatic rings. The molecule has 0 bridgehead atoms. The molecule has 1 aliphatic heterocycles. The Morgan fingerprint density at radius 2 is 1.92 bits per heavy atom. The van der Waals surface area contributed by atoms with Crippen LogP contribution in [-0.4, -0.2) is 31.2 Å². The summed E-state index contributed by atoms with van der Waals surface area (Å²) >= 11 is 0. The van der Waals surface area contributed by atoms with Gasteiger partial charge in [-0.15, -0.1) is 0 Å². The lowest BCUT2D eigenvalue weighted by molar-refractivity contribution is 0.00773. The number of carbonyl (C=O) groups excluding carboxylic acids is 1. The molecule has 0 unspecified atom stereocenters. The molecular formula is C9H15NO2. The van der Waals surface area contributed by atoms with E-state index in [0.717, 1.165) is 13.1 Å². The summed E-state index contributed by atoms with van der Waals surface area (Å²) < 4.78 is 4.64. The molecular weight excluding hydrogens is 154 g/mol. The molecule has 1 heterocycles. The van der Waals surface area contributed by atoms with E-state index >= 15 is 0 Å². The number of hydrogen-bond acceptors (Lipinski definition) is 2. The lowest BCUT2D eigenvalue weighted by Crippen LogP contribution is -2.57. The number of rotatable bonds is 0. The molecule has 1 saturated heterocycles. The minimum atomic E-state index is -0.160. The molecule has 3 heteroatoms. The number of hydrogen-bond donors (Lipinski definition) is 0. The smallest absolute Gasteiger partial charge is 0.409 e. The Morgan fingerprint density at radius 1 is 1.33 bits per heavy atom. The van der Waals surface area contributed by atoms with Crippen molar-refractivity contribution in [2.45, 2.75) is 25.7 Å². The summed E-state index contributed by atoms with van der Waals surface area (Å²) in [5.74, 6) is 0. The average molecular weight is 169 g/mol. The topological polar surface area (TPSA) is 29.5 Å². The van der Waals surface area contributed by atoms with Gasteiger partial charge in [0.2, 0.25) is 0 Å². The van der Waals surface area contributed by atoms with Crippen molar-refractivity contribution < 1.29 is 9.53 Å². The molecule has 2 fully saturated rings. The second-order valence-electron chi connectivity index (χ2n) is 4.03. The van der Waals surface area contributed by atoms with Crippen LogP contribution in [0.25, 0.3) is 0 Å². The van der Waals surface area contributed by atoms with Crippen LogP contribution in [0.4, 0.5) is 4.79 Å². The second kappa shape index (κ2) is 2.64. The van der Waals surface area contributed by atoms with Crippen molar-refractivity contribution in [2.24, 2.45) is 5.41 Å². The van der Waals surface area contributed by atoms with Crippen molar-refractivity contribution in [3.05, 3.63) is 0 Å². The van der Waals surface area contributed by atoms with Crippen LogP contribution in [0.1, 0.15) is 25.7 Å². The first-order valence-corrected chi connectivity index (χ1v) is 4.59. The molecule has 1 saturated carbocycles. The molecule has 0 aromatic heterocycles. The maximum Gasteiger partial charge on any atom is 0.409 e. The van der Waals surface area contributed by atoms with Crippen LogP contribution in [-0.2, 0) is 4.74 Å². The van der Waals surface area contributed by atoms with E-state index in [2.05, 4.69) is 4.74 Å².